The van der Waals surface area contributed by atoms with Gasteiger partial charge in [-0.05, 0) is 31.8 Å². The van der Waals surface area contributed by atoms with Crippen molar-refractivity contribution in [3.8, 4) is 0 Å². The van der Waals surface area contributed by atoms with Crippen LogP contribution in [0.1, 0.15) is 19.3 Å². The molecule has 0 bridgehead atoms. The van der Waals surface area contributed by atoms with Crippen LogP contribution in [0.3, 0.4) is 0 Å². The fourth-order valence-electron chi connectivity index (χ4n) is 4.47. The maximum Gasteiger partial charge on any atom is 0.220 e. The highest BCUT2D eigenvalue weighted by Crippen LogP contribution is 2.49. The van der Waals surface area contributed by atoms with Crippen LogP contribution in [0.2, 0.25) is 0 Å². The second-order valence-corrected chi connectivity index (χ2v) is 5.81. The van der Waals surface area contributed by atoms with E-state index in [1.165, 1.54) is 19.4 Å². The fraction of sp³-hybridized carbons (Fsp3) is 0.643. The molecule has 1 spiro atoms. The Hall–Kier alpha value is -1.09. The van der Waals surface area contributed by atoms with Crippen molar-refractivity contribution in [1.29, 1.82) is 0 Å². The fourth-order valence-corrected chi connectivity index (χ4v) is 4.47. The Morgan fingerprint density at radius 2 is 2.18 bits per heavy atom. The molecule has 90 valence electrons. The molecule has 0 saturated carbocycles. The van der Waals surface area contributed by atoms with Crippen LogP contribution in [0, 0.1) is 11.8 Å². The summed E-state index contributed by atoms with van der Waals surface area (Å²) in [4.78, 5) is 14.3. The van der Waals surface area contributed by atoms with Gasteiger partial charge in [0.25, 0.3) is 0 Å². The molecule has 0 aromatic heterocycles. The largest absolute Gasteiger partial charge is 0.351 e. The molecular formula is C14H18N2O. The van der Waals surface area contributed by atoms with Crippen LogP contribution >= 0.6 is 0 Å². The maximum absolute atomic E-state index is 11.7. The molecule has 3 heteroatoms. The minimum Gasteiger partial charge on any atom is -0.351 e. The lowest BCUT2D eigenvalue weighted by molar-refractivity contribution is -0.119. The van der Waals surface area contributed by atoms with Crippen LogP contribution in [-0.2, 0) is 4.79 Å². The number of carbonyl (C=O) groups is 1. The van der Waals surface area contributed by atoms with E-state index in [-0.39, 0.29) is 11.4 Å². The van der Waals surface area contributed by atoms with Gasteiger partial charge in [0.05, 0.1) is 11.6 Å². The normalized spacial score (nSPS) is 47.5. The van der Waals surface area contributed by atoms with E-state index >= 15 is 0 Å². The number of nitrogens with one attached hydrogen (secondary N) is 1. The smallest absolute Gasteiger partial charge is 0.220 e. The summed E-state index contributed by atoms with van der Waals surface area (Å²) in [6.45, 7) is 2.34. The van der Waals surface area contributed by atoms with Gasteiger partial charge in [-0.1, -0.05) is 24.3 Å². The van der Waals surface area contributed by atoms with Crippen LogP contribution in [0.25, 0.3) is 0 Å². The topological polar surface area (TPSA) is 32.3 Å². The van der Waals surface area contributed by atoms with E-state index in [0.717, 1.165) is 13.0 Å². The zero-order valence-electron chi connectivity index (χ0n) is 9.93. The van der Waals surface area contributed by atoms with Crippen molar-refractivity contribution in [3.05, 3.63) is 24.3 Å². The number of amides is 1. The lowest BCUT2D eigenvalue weighted by Gasteiger charge is -2.50. The molecule has 4 aliphatic rings. The molecule has 3 nitrogen and oxygen atoms in total. The van der Waals surface area contributed by atoms with Gasteiger partial charge >= 0.3 is 0 Å². The van der Waals surface area contributed by atoms with Crippen LogP contribution in [-0.4, -0.2) is 35.5 Å². The molecule has 1 aliphatic carbocycles. The summed E-state index contributed by atoms with van der Waals surface area (Å²) < 4.78 is 0. The third kappa shape index (κ3) is 1.13. The van der Waals surface area contributed by atoms with Gasteiger partial charge in [0.2, 0.25) is 5.91 Å². The third-order valence-corrected chi connectivity index (χ3v) is 5.17. The Balaban J connectivity index is 1.80. The van der Waals surface area contributed by atoms with Crippen molar-refractivity contribution in [3.63, 3.8) is 0 Å². The Labute approximate surface area is 102 Å². The SMILES string of the molecule is O=C1CC2CCN3CCC4C=CC=CC43C2N1. The van der Waals surface area contributed by atoms with Crippen molar-refractivity contribution < 1.29 is 4.79 Å². The van der Waals surface area contributed by atoms with Gasteiger partial charge in [0, 0.05) is 12.3 Å². The number of nitrogens with zero attached hydrogens (tertiary/aromatic N) is 1. The summed E-state index contributed by atoms with van der Waals surface area (Å²) in [5, 5.41) is 3.25. The average Bonchev–Trinajstić information content (AvgIpc) is 2.88. The van der Waals surface area contributed by atoms with Crippen LogP contribution < -0.4 is 5.32 Å². The molecule has 4 unspecified atom stereocenters. The van der Waals surface area contributed by atoms with Crippen molar-refractivity contribution in [2.45, 2.75) is 30.8 Å². The maximum atomic E-state index is 11.7. The molecule has 0 radical (unpaired) electrons. The first kappa shape index (κ1) is 9.89. The van der Waals surface area contributed by atoms with Crippen molar-refractivity contribution >= 4 is 5.91 Å². The molecule has 3 fully saturated rings. The first-order valence-electron chi connectivity index (χ1n) is 6.71. The number of rotatable bonds is 0. The highest BCUT2D eigenvalue weighted by Gasteiger charge is 2.58. The summed E-state index contributed by atoms with van der Waals surface area (Å²) >= 11 is 0. The van der Waals surface area contributed by atoms with Crippen molar-refractivity contribution in [2.75, 3.05) is 13.1 Å². The van der Waals surface area contributed by atoms with E-state index in [2.05, 4.69) is 34.5 Å². The number of carbonyl (C=O) groups excluding carboxylic acids is 1. The Kier molecular flexibility index (Phi) is 1.88. The average molecular weight is 230 g/mol. The molecule has 4 atom stereocenters. The van der Waals surface area contributed by atoms with E-state index in [9.17, 15) is 4.79 Å². The van der Waals surface area contributed by atoms with E-state index < -0.39 is 0 Å². The number of hydrogen-bond donors (Lipinski definition) is 1. The van der Waals surface area contributed by atoms with E-state index in [4.69, 9.17) is 0 Å². The van der Waals surface area contributed by atoms with Gasteiger partial charge in [0.1, 0.15) is 0 Å². The molecule has 3 heterocycles. The zero-order valence-corrected chi connectivity index (χ0v) is 9.93. The van der Waals surface area contributed by atoms with E-state index in [0.29, 0.717) is 17.9 Å². The molecule has 17 heavy (non-hydrogen) atoms. The predicted molar refractivity (Wildman–Crippen MR) is 65.3 cm³/mol. The predicted octanol–water partition coefficient (Wildman–Crippen LogP) is 1.08. The van der Waals surface area contributed by atoms with Crippen LogP contribution in [0.5, 0.6) is 0 Å². The Morgan fingerprint density at radius 3 is 3.12 bits per heavy atom. The summed E-state index contributed by atoms with van der Waals surface area (Å²) in [7, 11) is 0. The lowest BCUT2D eigenvalue weighted by atomic mass is 9.69. The van der Waals surface area contributed by atoms with Crippen LogP contribution in [0.4, 0.5) is 0 Å². The van der Waals surface area contributed by atoms with Gasteiger partial charge in [-0.15, -0.1) is 0 Å². The monoisotopic (exact) mass is 230 g/mol. The third-order valence-electron chi connectivity index (χ3n) is 5.17. The zero-order chi connectivity index (χ0) is 11.5. The van der Waals surface area contributed by atoms with Gasteiger partial charge in [-0.2, -0.15) is 0 Å². The molecule has 4 rings (SSSR count). The molecule has 1 amide bonds. The van der Waals surface area contributed by atoms with Crippen molar-refractivity contribution in [1.82, 2.24) is 10.2 Å². The van der Waals surface area contributed by atoms with Gasteiger partial charge in [-0.3, -0.25) is 9.69 Å². The number of hydrogen-bond acceptors (Lipinski definition) is 2. The van der Waals surface area contributed by atoms with E-state index in [1.54, 1.807) is 0 Å². The highest BCUT2D eigenvalue weighted by atomic mass is 16.2. The summed E-state index contributed by atoms with van der Waals surface area (Å²) in [5.74, 6) is 1.40. The summed E-state index contributed by atoms with van der Waals surface area (Å²) in [6.07, 6.45) is 12.2. The molecule has 1 N–H and O–H groups in total. The number of piperidine rings is 1. The Morgan fingerprint density at radius 1 is 1.29 bits per heavy atom. The van der Waals surface area contributed by atoms with Crippen LogP contribution in [0.15, 0.2) is 24.3 Å². The first-order chi connectivity index (χ1) is 8.30. The second kappa shape index (κ2) is 3.22. The molecule has 3 aliphatic heterocycles. The molecule has 0 aromatic carbocycles. The molecular weight excluding hydrogens is 212 g/mol. The minimum atomic E-state index is 0.101. The standard InChI is InChI=1S/C14H18N2O/c17-12-9-10-4-7-16-8-5-11-3-1-2-6-14(11,16)13(10)15-12/h1-3,6,10-11,13H,4-5,7-9H2,(H,15,17). The minimum absolute atomic E-state index is 0.101. The number of allylic oxidation sites excluding steroid dienone is 2. The molecule has 0 aromatic rings. The quantitative estimate of drug-likeness (QED) is 0.675. The highest BCUT2D eigenvalue weighted by molar-refractivity contribution is 5.79. The number of fused-ring (bicyclic) bond motifs is 1. The van der Waals surface area contributed by atoms with E-state index in [1.807, 2.05) is 0 Å². The summed E-state index contributed by atoms with van der Waals surface area (Å²) in [5.41, 5.74) is 0.101. The van der Waals surface area contributed by atoms with Gasteiger partial charge in [-0.25, -0.2) is 0 Å². The summed E-state index contributed by atoms with van der Waals surface area (Å²) in [6, 6.07) is 0.345. The second-order valence-electron chi connectivity index (χ2n) is 5.81. The van der Waals surface area contributed by atoms with Gasteiger partial charge in [0.15, 0.2) is 0 Å². The Bertz CT molecular complexity index is 428. The van der Waals surface area contributed by atoms with Crippen molar-refractivity contribution in [2.24, 2.45) is 11.8 Å². The lowest BCUT2D eigenvalue weighted by Crippen LogP contribution is -2.64. The van der Waals surface area contributed by atoms with Gasteiger partial charge < -0.3 is 5.32 Å². The molecule has 3 saturated heterocycles. The first-order valence-corrected chi connectivity index (χ1v) is 6.71.